The molecule has 0 aromatic heterocycles. The fourth-order valence-electron chi connectivity index (χ4n) is 3.85. The van der Waals surface area contributed by atoms with Crippen molar-refractivity contribution in [2.75, 3.05) is 19.7 Å². The van der Waals surface area contributed by atoms with Gasteiger partial charge in [-0.15, -0.1) is 0 Å². The quantitative estimate of drug-likeness (QED) is 0.921. The Kier molecular flexibility index (Phi) is 4.74. The first kappa shape index (κ1) is 16.2. The van der Waals surface area contributed by atoms with Crippen LogP contribution in [0, 0.1) is 11.2 Å². The lowest BCUT2D eigenvalue weighted by Gasteiger charge is -2.56. The third-order valence-corrected chi connectivity index (χ3v) is 5.53. The Balaban J connectivity index is 1.61. The van der Waals surface area contributed by atoms with Crippen LogP contribution in [0.2, 0.25) is 5.02 Å². The number of aliphatic hydroxyl groups excluding tert-OH is 1. The second-order valence-electron chi connectivity index (χ2n) is 6.44. The summed E-state index contributed by atoms with van der Waals surface area (Å²) in [4.78, 5) is 2.23. The highest BCUT2D eigenvalue weighted by molar-refractivity contribution is 6.30. The number of piperidine rings is 1. The van der Waals surface area contributed by atoms with Crippen molar-refractivity contribution in [1.82, 2.24) is 4.90 Å². The van der Waals surface area contributed by atoms with Crippen molar-refractivity contribution in [2.45, 2.75) is 44.9 Å². The lowest BCUT2D eigenvalue weighted by molar-refractivity contribution is -0.209. The summed E-state index contributed by atoms with van der Waals surface area (Å²) >= 11 is 5.95. The molecule has 1 saturated heterocycles. The van der Waals surface area contributed by atoms with Crippen molar-refractivity contribution in [3.8, 4) is 0 Å². The molecule has 0 amide bonds. The van der Waals surface area contributed by atoms with Crippen LogP contribution in [0.25, 0.3) is 0 Å². The van der Waals surface area contributed by atoms with Gasteiger partial charge < -0.3 is 9.84 Å². The molecule has 3 rings (SSSR count). The maximum absolute atomic E-state index is 13.8. The average molecular weight is 328 g/mol. The third kappa shape index (κ3) is 2.90. The van der Waals surface area contributed by atoms with E-state index in [1.54, 1.807) is 12.1 Å². The van der Waals surface area contributed by atoms with E-state index in [1.807, 2.05) is 6.92 Å². The van der Waals surface area contributed by atoms with Crippen molar-refractivity contribution < 1.29 is 14.2 Å². The Morgan fingerprint density at radius 3 is 2.77 bits per heavy atom. The number of nitrogens with zero attached hydrogens (tertiary/aromatic N) is 1. The number of likely N-dealkylation sites (tertiary alicyclic amines) is 1. The number of halogens is 2. The van der Waals surface area contributed by atoms with E-state index in [-0.39, 0.29) is 23.4 Å². The van der Waals surface area contributed by atoms with Gasteiger partial charge in [0.05, 0.1) is 12.2 Å². The molecule has 0 bridgehead atoms. The number of hydrogen-bond donors (Lipinski definition) is 1. The van der Waals surface area contributed by atoms with Gasteiger partial charge in [0, 0.05) is 35.6 Å². The number of rotatable bonds is 4. The summed E-state index contributed by atoms with van der Waals surface area (Å²) in [6.07, 6.45) is 2.48. The highest BCUT2D eigenvalue weighted by atomic mass is 35.5. The topological polar surface area (TPSA) is 32.7 Å². The fourth-order valence-corrected chi connectivity index (χ4v) is 4.04. The van der Waals surface area contributed by atoms with Gasteiger partial charge in [-0.05, 0) is 51.1 Å². The van der Waals surface area contributed by atoms with Gasteiger partial charge in [0.2, 0.25) is 0 Å². The molecule has 22 heavy (non-hydrogen) atoms. The van der Waals surface area contributed by atoms with E-state index in [4.69, 9.17) is 16.3 Å². The summed E-state index contributed by atoms with van der Waals surface area (Å²) < 4.78 is 19.6. The number of hydrogen-bond acceptors (Lipinski definition) is 3. The summed E-state index contributed by atoms with van der Waals surface area (Å²) in [5.41, 5.74) is 0.554. The van der Waals surface area contributed by atoms with Crippen LogP contribution in [-0.2, 0) is 11.3 Å². The minimum absolute atomic E-state index is 0.0839. The van der Waals surface area contributed by atoms with Gasteiger partial charge in [-0.1, -0.05) is 11.6 Å². The molecule has 3 nitrogen and oxygen atoms in total. The summed E-state index contributed by atoms with van der Waals surface area (Å²) in [5.74, 6) is -0.208. The van der Waals surface area contributed by atoms with Gasteiger partial charge in [-0.25, -0.2) is 4.39 Å². The number of benzene rings is 1. The van der Waals surface area contributed by atoms with Crippen LogP contribution < -0.4 is 0 Å². The van der Waals surface area contributed by atoms with Crippen LogP contribution in [0.15, 0.2) is 18.2 Å². The molecule has 1 aliphatic carbocycles. The standard InChI is InChI=1S/C17H23ClFNO2/c1-2-22-16-10-15(21)17(16)5-7-20(8-6-17)11-12-9-13(18)3-4-14(12)19/h3-4,9,15-16,21H,2,5-8,10-11H2,1H3. The minimum Gasteiger partial charge on any atom is -0.392 e. The van der Waals surface area contributed by atoms with E-state index >= 15 is 0 Å². The first-order valence-electron chi connectivity index (χ1n) is 8.01. The molecule has 2 aliphatic rings. The van der Waals surface area contributed by atoms with Gasteiger partial charge in [0.15, 0.2) is 0 Å². The van der Waals surface area contributed by atoms with Gasteiger partial charge in [0.1, 0.15) is 5.82 Å². The third-order valence-electron chi connectivity index (χ3n) is 5.30. The van der Waals surface area contributed by atoms with E-state index in [1.165, 1.54) is 6.07 Å². The Morgan fingerprint density at radius 1 is 1.41 bits per heavy atom. The predicted octanol–water partition coefficient (Wildman–Crippen LogP) is 3.23. The zero-order chi connectivity index (χ0) is 15.7. The summed E-state index contributed by atoms with van der Waals surface area (Å²) in [7, 11) is 0. The molecule has 1 N–H and O–H groups in total. The van der Waals surface area contributed by atoms with Crippen molar-refractivity contribution >= 4 is 11.6 Å². The molecule has 2 unspecified atom stereocenters. The van der Waals surface area contributed by atoms with Crippen molar-refractivity contribution in [1.29, 1.82) is 0 Å². The molecule has 1 saturated carbocycles. The SMILES string of the molecule is CCOC1CC(O)C12CCN(Cc1cc(Cl)ccc1F)CC2. The molecular weight excluding hydrogens is 305 g/mol. The second-order valence-corrected chi connectivity index (χ2v) is 6.88. The van der Waals surface area contributed by atoms with Gasteiger partial charge in [0.25, 0.3) is 0 Å². The molecule has 5 heteroatoms. The van der Waals surface area contributed by atoms with E-state index in [0.717, 1.165) is 32.4 Å². The van der Waals surface area contributed by atoms with Crippen LogP contribution in [-0.4, -0.2) is 41.9 Å². The van der Waals surface area contributed by atoms with Crippen LogP contribution >= 0.6 is 11.6 Å². The van der Waals surface area contributed by atoms with Gasteiger partial charge in [-0.3, -0.25) is 4.90 Å². The summed E-state index contributed by atoms with van der Waals surface area (Å²) in [6, 6.07) is 4.69. The summed E-state index contributed by atoms with van der Waals surface area (Å²) in [6.45, 7) is 4.96. The van der Waals surface area contributed by atoms with Crippen LogP contribution in [0.3, 0.4) is 0 Å². The molecule has 122 valence electrons. The zero-order valence-electron chi connectivity index (χ0n) is 12.9. The van der Waals surface area contributed by atoms with Crippen molar-refractivity contribution in [3.05, 3.63) is 34.6 Å². The van der Waals surface area contributed by atoms with Crippen molar-refractivity contribution in [3.63, 3.8) is 0 Å². The normalized spacial score (nSPS) is 27.8. The number of aliphatic hydroxyl groups is 1. The van der Waals surface area contributed by atoms with E-state index in [0.29, 0.717) is 23.7 Å². The summed E-state index contributed by atoms with van der Waals surface area (Å²) in [5, 5.41) is 10.8. The molecule has 2 atom stereocenters. The van der Waals surface area contributed by atoms with Crippen LogP contribution in [0.1, 0.15) is 31.7 Å². The predicted molar refractivity (Wildman–Crippen MR) is 84.4 cm³/mol. The van der Waals surface area contributed by atoms with E-state index in [2.05, 4.69) is 4.90 Å². The van der Waals surface area contributed by atoms with Gasteiger partial charge >= 0.3 is 0 Å². The Bertz CT molecular complexity index is 529. The van der Waals surface area contributed by atoms with Crippen LogP contribution in [0.4, 0.5) is 4.39 Å². The Morgan fingerprint density at radius 2 is 2.14 bits per heavy atom. The molecule has 1 aliphatic heterocycles. The highest BCUT2D eigenvalue weighted by Gasteiger charge is 2.55. The van der Waals surface area contributed by atoms with Crippen LogP contribution in [0.5, 0.6) is 0 Å². The van der Waals surface area contributed by atoms with Crippen molar-refractivity contribution in [2.24, 2.45) is 5.41 Å². The first-order chi connectivity index (χ1) is 10.5. The second kappa shape index (κ2) is 6.44. The van der Waals surface area contributed by atoms with E-state index < -0.39 is 0 Å². The van der Waals surface area contributed by atoms with E-state index in [9.17, 15) is 9.50 Å². The minimum atomic E-state index is -0.255. The maximum atomic E-state index is 13.8. The molecule has 0 radical (unpaired) electrons. The first-order valence-corrected chi connectivity index (χ1v) is 8.39. The zero-order valence-corrected chi connectivity index (χ0v) is 13.7. The Labute approximate surface area is 136 Å². The lowest BCUT2D eigenvalue weighted by atomic mass is 9.58. The highest BCUT2D eigenvalue weighted by Crippen LogP contribution is 2.51. The smallest absolute Gasteiger partial charge is 0.127 e. The Hall–Kier alpha value is -0.680. The molecular formula is C17H23ClFNO2. The fraction of sp³-hybridized carbons (Fsp3) is 0.647. The number of ether oxygens (including phenoxy) is 1. The monoisotopic (exact) mass is 327 g/mol. The molecule has 2 fully saturated rings. The molecule has 1 spiro atoms. The van der Waals surface area contributed by atoms with Gasteiger partial charge in [-0.2, -0.15) is 0 Å². The average Bonchev–Trinajstić information content (AvgIpc) is 2.51. The molecule has 1 aromatic rings. The molecule has 1 aromatic carbocycles. The largest absolute Gasteiger partial charge is 0.392 e. The lowest BCUT2D eigenvalue weighted by Crippen LogP contribution is -2.62. The maximum Gasteiger partial charge on any atom is 0.127 e. The molecule has 1 heterocycles.